The fourth-order valence-corrected chi connectivity index (χ4v) is 4.90. The van der Waals surface area contributed by atoms with Crippen LogP contribution in [0.4, 0.5) is 0 Å². The third kappa shape index (κ3) is 4.87. The molecule has 1 aliphatic heterocycles. The molecule has 0 radical (unpaired) electrons. The van der Waals surface area contributed by atoms with Gasteiger partial charge in [-0.15, -0.1) is 0 Å². The number of carbonyl (C=O) groups is 1. The molecule has 1 fully saturated rings. The molecule has 0 bridgehead atoms. The van der Waals surface area contributed by atoms with Crippen LogP contribution >= 0.6 is 23.2 Å². The fourth-order valence-electron chi connectivity index (χ4n) is 2.74. The lowest BCUT2D eigenvalue weighted by Crippen LogP contribution is -2.21. The summed E-state index contributed by atoms with van der Waals surface area (Å²) in [5.41, 5.74) is 3.16. The smallest absolute Gasteiger partial charge is 0.240 e. The van der Waals surface area contributed by atoms with Gasteiger partial charge in [0.2, 0.25) is 5.91 Å². The Kier molecular flexibility index (Phi) is 5.70. The summed E-state index contributed by atoms with van der Waals surface area (Å²) < 4.78 is 28.4. The van der Waals surface area contributed by atoms with Crippen molar-refractivity contribution in [2.75, 3.05) is 11.5 Å². The lowest BCUT2D eigenvalue weighted by Gasteiger charge is -2.04. The van der Waals surface area contributed by atoms with Crippen LogP contribution in [0.2, 0.25) is 10.0 Å². The summed E-state index contributed by atoms with van der Waals surface area (Å²) in [5.74, 6) is 0.801. The SMILES string of the molecule is O=C(C[C@@H]1CCS(=O)(=O)C1)N/N=C\c1ccc(-c2ccc(Cl)c(Cl)c2)o1. The molecule has 1 saturated heterocycles. The normalized spacial score (nSPS) is 19.1. The van der Waals surface area contributed by atoms with E-state index in [2.05, 4.69) is 10.5 Å². The second kappa shape index (κ2) is 7.82. The second-order valence-electron chi connectivity index (χ2n) is 6.10. The predicted molar refractivity (Wildman–Crippen MR) is 101 cm³/mol. The second-order valence-corrected chi connectivity index (χ2v) is 9.14. The first kappa shape index (κ1) is 18.9. The van der Waals surface area contributed by atoms with Gasteiger partial charge in [0.1, 0.15) is 11.5 Å². The van der Waals surface area contributed by atoms with Crippen LogP contribution in [-0.2, 0) is 14.6 Å². The van der Waals surface area contributed by atoms with Crippen LogP contribution in [0, 0.1) is 5.92 Å². The van der Waals surface area contributed by atoms with Gasteiger partial charge in [0.15, 0.2) is 9.84 Å². The van der Waals surface area contributed by atoms with E-state index < -0.39 is 9.84 Å². The molecule has 2 heterocycles. The van der Waals surface area contributed by atoms with E-state index in [4.69, 9.17) is 27.6 Å². The van der Waals surface area contributed by atoms with Gasteiger partial charge in [0, 0.05) is 12.0 Å². The Morgan fingerprint density at radius 1 is 1.27 bits per heavy atom. The molecule has 6 nitrogen and oxygen atoms in total. The highest BCUT2D eigenvalue weighted by Gasteiger charge is 2.29. The Morgan fingerprint density at radius 2 is 2.08 bits per heavy atom. The van der Waals surface area contributed by atoms with E-state index in [0.717, 1.165) is 5.56 Å². The molecule has 1 atom stereocenters. The zero-order chi connectivity index (χ0) is 18.7. The number of nitrogens with zero attached hydrogens (tertiary/aromatic N) is 1. The zero-order valence-electron chi connectivity index (χ0n) is 13.6. The predicted octanol–water partition coefficient (Wildman–Crippen LogP) is 3.53. The molecular weight excluding hydrogens is 399 g/mol. The van der Waals surface area contributed by atoms with E-state index in [1.807, 2.05) is 0 Å². The summed E-state index contributed by atoms with van der Waals surface area (Å²) in [6, 6.07) is 8.62. The largest absolute Gasteiger partial charge is 0.455 e. The molecule has 1 aromatic heterocycles. The highest BCUT2D eigenvalue weighted by atomic mass is 35.5. The van der Waals surface area contributed by atoms with Crippen molar-refractivity contribution < 1.29 is 17.6 Å². The standard InChI is InChI=1S/C17H16Cl2N2O4S/c18-14-3-1-12(8-15(14)19)16-4-2-13(25-16)9-20-21-17(22)7-11-5-6-26(23,24)10-11/h1-4,8-9,11H,5-7,10H2,(H,21,22)/b20-9-/t11-/m0/s1. The van der Waals surface area contributed by atoms with Gasteiger partial charge in [-0.3, -0.25) is 4.79 Å². The van der Waals surface area contributed by atoms with Gasteiger partial charge in [0.25, 0.3) is 0 Å². The van der Waals surface area contributed by atoms with Crippen molar-refractivity contribution in [3.63, 3.8) is 0 Å². The fraction of sp³-hybridized carbons (Fsp3) is 0.294. The van der Waals surface area contributed by atoms with Gasteiger partial charge in [0.05, 0.1) is 27.8 Å². The zero-order valence-corrected chi connectivity index (χ0v) is 15.9. The van der Waals surface area contributed by atoms with Crippen LogP contribution in [0.3, 0.4) is 0 Å². The molecule has 0 aliphatic carbocycles. The third-order valence-electron chi connectivity index (χ3n) is 4.01. The van der Waals surface area contributed by atoms with E-state index in [1.165, 1.54) is 6.21 Å². The van der Waals surface area contributed by atoms with Crippen molar-refractivity contribution in [1.82, 2.24) is 5.43 Å². The molecule has 138 valence electrons. The monoisotopic (exact) mass is 414 g/mol. The number of furan rings is 1. The molecule has 2 aromatic rings. The first-order valence-electron chi connectivity index (χ1n) is 7.90. The van der Waals surface area contributed by atoms with Crippen LogP contribution in [-0.4, -0.2) is 32.0 Å². The minimum atomic E-state index is -2.99. The molecule has 9 heteroatoms. The van der Waals surface area contributed by atoms with Crippen molar-refractivity contribution in [2.45, 2.75) is 12.8 Å². The molecular formula is C17H16Cl2N2O4S. The van der Waals surface area contributed by atoms with Gasteiger partial charge >= 0.3 is 0 Å². The Bertz CT molecular complexity index is 953. The quantitative estimate of drug-likeness (QED) is 0.598. The molecule has 0 spiro atoms. The average molecular weight is 415 g/mol. The van der Waals surface area contributed by atoms with Crippen molar-refractivity contribution in [3.05, 3.63) is 46.1 Å². The van der Waals surface area contributed by atoms with Crippen LogP contribution in [0.5, 0.6) is 0 Å². The number of amides is 1. The molecule has 1 amide bonds. The van der Waals surface area contributed by atoms with Crippen molar-refractivity contribution in [2.24, 2.45) is 11.0 Å². The van der Waals surface area contributed by atoms with Crippen molar-refractivity contribution in [1.29, 1.82) is 0 Å². The number of hydrogen-bond donors (Lipinski definition) is 1. The lowest BCUT2D eigenvalue weighted by atomic mass is 10.1. The van der Waals surface area contributed by atoms with Gasteiger partial charge in [-0.1, -0.05) is 23.2 Å². The minimum Gasteiger partial charge on any atom is -0.455 e. The molecule has 3 rings (SSSR count). The topological polar surface area (TPSA) is 88.7 Å². The number of nitrogens with one attached hydrogen (secondary N) is 1. The number of benzene rings is 1. The minimum absolute atomic E-state index is 0.0648. The Hall–Kier alpha value is -1.83. The summed E-state index contributed by atoms with van der Waals surface area (Å²) in [6.45, 7) is 0. The lowest BCUT2D eigenvalue weighted by molar-refractivity contribution is -0.121. The molecule has 26 heavy (non-hydrogen) atoms. The number of carbonyl (C=O) groups excluding carboxylic acids is 1. The van der Waals surface area contributed by atoms with Gasteiger partial charge < -0.3 is 4.42 Å². The number of halogens is 2. The molecule has 0 saturated carbocycles. The maximum atomic E-state index is 11.8. The van der Waals surface area contributed by atoms with Crippen LogP contribution in [0.1, 0.15) is 18.6 Å². The van der Waals surface area contributed by atoms with Crippen molar-refractivity contribution in [3.8, 4) is 11.3 Å². The first-order valence-corrected chi connectivity index (χ1v) is 10.5. The van der Waals surface area contributed by atoms with Crippen molar-refractivity contribution >= 4 is 45.2 Å². The van der Waals surface area contributed by atoms with Gasteiger partial charge in [-0.2, -0.15) is 5.10 Å². The summed E-state index contributed by atoms with van der Waals surface area (Å²) >= 11 is 11.9. The molecule has 1 N–H and O–H groups in total. The maximum absolute atomic E-state index is 11.8. The highest BCUT2D eigenvalue weighted by Crippen LogP contribution is 2.29. The number of hydrogen-bond acceptors (Lipinski definition) is 5. The summed E-state index contributed by atoms with van der Waals surface area (Å²) in [5, 5.41) is 4.73. The third-order valence-corrected chi connectivity index (χ3v) is 6.59. The van der Waals surface area contributed by atoms with Gasteiger partial charge in [-0.25, -0.2) is 13.8 Å². The Morgan fingerprint density at radius 3 is 2.77 bits per heavy atom. The van der Waals surface area contributed by atoms with Crippen LogP contribution in [0.15, 0.2) is 39.9 Å². The molecule has 1 aliphatic rings. The number of hydrazone groups is 1. The van der Waals surface area contributed by atoms with Crippen LogP contribution < -0.4 is 5.43 Å². The summed E-state index contributed by atoms with van der Waals surface area (Å²) in [7, 11) is -2.99. The van der Waals surface area contributed by atoms with Gasteiger partial charge in [-0.05, 0) is 42.7 Å². The highest BCUT2D eigenvalue weighted by molar-refractivity contribution is 7.91. The van der Waals surface area contributed by atoms with E-state index in [9.17, 15) is 13.2 Å². The summed E-state index contributed by atoms with van der Waals surface area (Å²) in [4.78, 5) is 11.8. The van der Waals surface area contributed by atoms with Crippen LogP contribution in [0.25, 0.3) is 11.3 Å². The molecule has 1 aromatic carbocycles. The van der Waals surface area contributed by atoms with E-state index in [1.54, 1.807) is 30.3 Å². The average Bonchev–Trinajstić information content (AvgIpc) is 3.16. The first-order chi connectivity index (χ1) is 12.3. The Balaban J connectivity index is 1.55. The molecule has 0 unspecified atom stereocenters. The summed E-state index contributed by atoms with van der Waals surface area (Å²) in [6.07, 6.45) is 2.04. The van der Waals surface area contributed by atoms with E-state index in [-0.39, 0.29) is 29.8 Å². The number of sulfone groups is 1. The number of rotatable bonds is 5. The van der Waals surface area contributed by atoms with E-state index in [0.29, 0.717) is 28.0 Å². The Labute approximate surface area is 161 Å². The van der Waals surface area contributed by atoms with E-state index >= 15 is 0 Å². The maximum Gasteiger partial charge on any atom is 0.240 e.